The van der Waals surface area contributed by atoms with Crippen molar-refractivity contribution in [3.8, 4) is 12.3 Å². The zero-order valence-electron chi connectivity index (χ0n) is 8.25. The third-order valence-electron chi connectivity index (χ3n) is 2.10. The van der Waals surface area contributed by atoms with Gasteiger partial charge in [0.1, 0.15) is 5.92 Å². The monoisotopic (exact) mass is 182 g/mol. The highest BCUT2D eigenvalue weighted by Gasteiger charge is 2.12. The predicted molar refractivity (Wildman–Crippen MR) is 53.3 cm³/mol. The third-order valence-corrected chi connectivity index (χ3v) is 2.10. The minimum Gasteiger partial charge on any atom is -0.480 e. The van der Waals surface area contributed by atoms with Crippen LogP contribution >= 0.6 is 0 Å². The van der Waals surface area contributed by atoms with E-state index in [1.54, 1.807) is 0 Å². The number of aliphatic carboxylic acids is 1. The lowest BCUT2D eigenvalue weighted by Crippen LogP contribution is -2.10. The zero-order valence-corrected chi connectivity index (χ0v) is 8.25. The van der Waals surface area contributed by atoms with Gasteiger partial charge in [0, 0.05) is 0 Å². The van der Waals surface area contributed by atoms with Crippen molar-refractivity contribution in [2.75, 3.05) is 0 Å². The van der Waals surface area contributed by atoms with Gasteiger partial charge < -0.3 is 5.11 Å². The summed E-state index contributed by atoms with van der Waals surface area (Å²) in [5.41, 5.74) is 0. The number of hydrogen-bond donors (Lipinski definition) is 1. The summed E-state index contributed by atoms with van der Waals surface area (Å²) < 4.78 is 0. The number of carboxylic acids is 1. The minimum atomic E-state index is -0.863. The Morgan fingerprint density at radius 2 is 2.00 bits per heavy atom. The normalized spacial score (nSPS) is 12.0. The minimum absolute atomic E-state index is 0.582. The second-order valence-corrected chi connectivity index (χ2v) is 3.26. The van der Waals surface area contributed by atoms with E-state index >= 15 is 0 Å². The predicted octanol–water partition coefficient (Wildman–Crippen LogP) is 2.68. The van der Waals surface area contributed by atoms with Gasteiger partial charge in [-0.25, -0.2) is 0 Å². The van der Waals surface area contributed by atoms with Gasteiger partial charge in [0.2, 0.25) is 0 Å². The standard InChI is InChI=1S/C11H18O2/c1-3-5-6-7-8-9-10(4-2)11(12)13/h2,10H,3,5-9H2,1H3,(H,12,13). The van der Waals surface area contributed by atoms with Crippen molar-refractivity contribution in [3.05, 3.63) is 0 Å². The molecule has 74 valence electrons. The molecular weight excluding hydrogens is 164 g/mol. The summed E-state index contributed by atoms with van der Waals surface area (Å²) in [4.78, 5) is 10.5. The molecule has 0 amide bonds. The van der Waals surface area contributed by atoms with E-state index in [0.717, 1.165) is 12.8 Å². The zero-order chi connectivity index (χ0) is 10.1. The SMILES string of the molecule is C#CC(CCCCCCC)C(=O)O. The fraction of sp³-hybridized carbons (Fsp3) is 0.727. The lowest BCUT2D eigenvalue weighted by molar-refractivity contribution is -0.139. The second kappa shape index (κ2) is 7.67. The van der Waals surface area contributed by atoms with Gasteiger partial charge in [0.15, 0.2) is 0 Å². The van der Waals surface area contributed by atoms with Crippen LogP contribution in [0.3, 0.4) is 0 Å². The van der Waals surface area contributed by atoms with E-state index in [1.165, 1.54) is 19.3 Å². The molecule has 0 fully saturated rings. The lowest BCUT2D eigenvalue weighted by Gasteiger charge is -2.04. The Balaban J connectivity index is 3.41. The van der Waals surface area contributed by atoms with Gasteiger partial charge in [0.05, 0.1) is 0 Å². The topological polar surface area (TPSA) is 37.3 Å². The van der Waals surface area contributed by atoms with Crippen LogP contribution in [0.15, 0.2) is 0 Å². The molecule has 0 bridgehead atoms. The maximum atomic E-state index is 10.5. The number of rotatable bonds is 7. The first kappa shape index (κ1) is 12.0. The first-order valence-electron chi connectivity index (χ1n) is 4.91. The summed E-state index contributed by atoms with van der Waals surface area (Å²) in [5.74, 6) is 0.848. The lowest BCUT2D eigenvalue weighted by atomic mass is 10.0. The van der Waals surface area contributed by atoms with E-state index in [9.17, 15) is 4.79 Å². The average Bonchev–Trinajstić information content (AvgIpc) is 2.10. The van der Waals surface area contributed by atoms with E-state index in [1.807, 2.05) is 0 Å². The first-order chi connectivity index (χ1) is 6.22. The summed E-state index contributed by atoms with van der Waals surface area (Å²) in [7, 11) is 0. The molecule has 0 aromatic carbocycles. The number of carbonyl (C=O) groups is 1. The van der Waals surface area contributed by atoms with Gasteiger partial charge in [-0.05, 0) is 6.42 Å². The molecular formula is C11H18O2. The van der Waals surface area contributed by atoms with Crippen molar-refractivity contribution >= 4 is 5.97 Å². The molecule has 2 heteroatoms. The number of hydrogen-bond acceptors (Lipinski definition) is 1. The van der Waals surface area contributed by atoms with Gasteiger partial charge in [-0.3, -0.25) is 4.79 Å². The Morgan fingerprint density at radius 3 is 2.46 bits per heavy atom. The molecule has 1 N–H and O–H groups in total. The van der Waals surface area contributed by atoms with Crippen molar-refractivity contribution < 1.29 is 9.90 Å². The highest BCUT2D eigenvalue weighted by Crippen LogP contribution is 2.11. The molecule has 0 aromatic rings. The summed E-state index contributed by atoms with van der Waals surface area (Å²) >= 11 is 0. The van der Waals surface area contributed by atoms with Crippen molar-refractivity contribution in [3.63, 3.8) is 0 Å². The third kappa shape index (κ3) is 6.21. The fourth-order valence-electron chi connectivity index (χ4n) is 1.23. The van der Waals surface area contributed by atoms with Crippen LogP contribution in [0, 0.1) is 18.3 Å². The Kier molecular flexibility index (Phi) is 7.10. The van der Waals surface area contributed by atoms with Gasteiger partial charge in [0.25, 0.3) is 0 Å². The molecule has 0 aliphatic carbocycles. The maximum absolute atomic E-state index is 10.5. The molecule has 0 rings (SSSR count). The van der Waals surface area contributed by atoms with Gasteiger partial charge in [-0.15, -0.1) is 6.42 Å². The molecule has 1 atom stereocenters. The van der Waals surface area contributed by atoms with Crippen LogP contribution in [0.4, 0.5) is 0 Å². The van der Waals surface area contributed by atoms with Crippen LogP contribution in [-0.4, -0.2) is 11.1 Å². The second-order valence-electron chi connectivity index (χ2n) is 3.26. The molecule has 0 aliphatic heterocycles. The van der Waals surface area contributed by atoms with Crippen molar-refractivity contribution in [1.82, 2.24) is 0 Å². The van der Waals surface area contributed by atoms with E-state index in [2.05, 4.69) is 12.8 Å². The number of carboxylic acid groups (broad SMARTS) is 1. The Bertz CT molecular complexity index is 179. The Hall–Kier alpha value is -0.970. The summed E-state index contributed by atoms with van der Waals surface area (Å²) in [6, 6.07) is 0. The van der Waals surface area contributed by atoms with Crippen LogP contribution in [0.1, 0.15) is 45.4 Å². The average molecular weight is 182 g/mol. The Morgan fingerprint density at radius 1 is 1.38 bits per heavy atom. The highest BCUT2D eigenvalue weighted by atomic mass is 16.4. The van der Waals surface area contributed by atoms with Crippen LogP contribution in [0.5, 0.6) is 0 Å². The molecule has 2 nitrogen and oxygen atoms in total. The van der Waals surface area contributed by atoms with Crippen LogP contribution in [0.2, 0.25) is 0 Å². The molecule has 13 heavy (non-hydrogen) atoms. The van der Waals surface area contributed by atoms with Crippen LogP contribution in [-0.2, 0) is 4.79 Å². The maximum Gasteiger partial charge on any atom is 0.318 e. The summed E-state index contributed by atoms with van der Waals surface area (Å²) in [5, 5.41) is 8.63. The number of unbranched alkanes of at least 4 members (excludes halogenated alkanes) is 4. The van der Waals surface area contributed by atoms with E-state index in [0.29, 0.717) is 6.42 Å². The Labute approximate surface area is 80.3 Å². The van der Waals surface area contributed by atoms with E-state index < -0.39 is 11.9 Å². The smallest absolute Gasteiger partial charge is 0.318 e. The summed E-state index contributed by atoms with van der Waals surface area (Å²) in [6.45, 7) is 2.15. The number of terminal acetylenes is 1. The fourth-order valence-corrected chi connectivity index (χ4v) is 1.23. The quantitative estimate of drug-likeness (QED) is 0.485. The highest BCUT2D eigenvalue weighted by molar-refractivity contribution is 5.73. The van der Waals surface area contributed by atoms with Gasteiger partial charge in [-0.2, -0.15) is 0 Å². The molecule has 0 aliphatic rings. The molecule has 0 aromatic heterocycles. The van der Waals surface area contributed by atoms with E-state index in [4.69, 9.17) is 11.5 Å². The molecule has 0 heterocycles. The molecule has 0 saturated heterocycles. The first-order valence-corrected chi connectivity index (χ1v) is 4.91. The molecule has 0 spiro atoms. The molecule has 0 radical (unpaired) electrons. The van der Waals surface area contributed by atoms with Crippen LogP contribution in [0.25, 0.3) is 0 Å². The van der Waals surface area contributed by atoms with Gasteiger partial charge >= 0.3 is 5.97 Å². The largest absolute Gasteiger partial charge is 0.480 e. The van der Waals surface area contributed by atoms with Crippen molar-refractivity contribution in [2.45, 2.75) is 45.4 Å². The van der Waals surface area contributed by atoms with Gasteiger partial charge in [-0.1, -0.05) is 44.9 Å². The van der Waals surface area contributed by atoms with Crippen molar-refractivity contribution in [1.29, 1.82) is 0 Å². The van der Waals surface area contributed by atoms with E-state index in [-0.39, 0.29) is 0 Å². The summed E-state index contributed by atoms with van der Waals surface area (Å²) in [6.07, 6.45) is 11.4. The molecule has 0 saturated carbocycles. The molecule has 1 unspecified atom stereocenters. The van der Waals surface area contributed by atoms with Crippen LogP contribution < -0.4 is 0 Å². The van der Waals surface area contributed by atoms with Crippen molar-refractivity contribution in [2.24, 2.45) is 5.92 Å².